The van der Waals surface area contributed by atoms with Crippen molar-refractivity contribution in [2.24, 2.45) is 0 Å². The Morgan fingerprint density at radius 1 is 1.03 bits per heavy atom. The van der Waals surface area contributed by atoms with Crippen LogP contribution < -0.4 is 5.48 Å². The van der Waals surface area contributed by atoms with E-state index in [0.717, 1.165) is 27.9 Å². The fraction of sp³-hybridized carbons (Fsp3) is 0.179. The van der Waals surface area contributed by atoms with Gasteiger partial charge in [0.2, 0.25) is 0 Å². The number of carbonyl (C=O) groups excluding carboxylic acids is 1. The number of hydroxylamine groups is 1. The summed E-state index contributed by atoms with van der Waals surface area (Å²) in [6.07, 6.45) is 6.68. The van der Waals surface area contributed by atoms with Crippen molar-refractivity contribution in [1.82, 2.24) is 20.3 Å². The lowest BCUT2D eigenvalue weighted by atomic mass is 10.1. The third-order valence-electron chi connectivity index (χ3n) is 5.92. The van der Waals surface area contributed by atoms with Gasteiger partial charge in [0.15, 0.2) is 0 Å². The molecule has 2 N–H and O–H groups in total. The van der Waals surface area contributed by atoms with Crippen molar-refractivity contribution in [3.05, 3.63) is 113 Å². The minimum absolute atomic E-state index is 0.0773. The van der Waals surface area contributed by atoms with E-state index in [0.29, 0.717) is 13.1 Å². The monoisotopic (exact) mass is 452 g/mol. The molecule has 0 aliphatic rings. The van der Waals surface area contributed by atoms with Gasteiger partial charge in [0.1, 0.15) is 0 Å². The normalized spacial score (nSPS) is 12.4. The summed E-state index contributed by atoms with van der Waals surface area (Å²) in [7, 11) is 0. The van der Waals surface area contributed by atoms with Crippen LogP contribution in [0.15, 0.2) is 85.2 Å². The molecule has 0 radical (unpaired) electrons. The Balaban J connectivity index is 1.62. The summed E-state index contributed by atoms with van der Waals surface area (Å²) in [6.45, 7) is 5.65. The number of aryl methyl sites for hydroxylation is 1. The lowest BCUT2D eigenvalue weighted by molar-refractivity contribution is -0.124. The van der Waals surface area contributed by atoms with E-state index >= 15 is 0 Å². The Morgan fingerprint density at radius 3 is 2.56 bits per heavy atom. The predicted molar refractivity (Wildman–Crippen MR) is 134 cm³/mol. The van der Waals surface area contributed by atoms with Crippen LogP contribution in [0.3, 0.4) is 0 Å². The smallest absolute Gasteiger partial charge is 0.267 e. The maximum atomic E-state index is 11.2. The number of rotatable bonds is 8. The number of hydrogen-bond donors (Lipinski definition) is 2. The molecule has 34 heavy (non-hydrogen) atoms. The van der Waals surface area contributed by atoms with Crippen molar-refractivity contribution in [1.29, 1.82) is 0 Å². The Kier molecular flexibility index (Phi) is 7.42. The minimum atomic E-state index is -0.558. The molecule has 0 saturated heterocycles. The molecule has 0 spiro atoms. The van der Waals surface area contributed by atoms with Crippen LogP contribution in [0, 0.1) is 6.92 Å². The minimum Gasteiger partial charge on any atom is -0.288 e. The molecule has 4 aromatic rings. The number of aromatic nitrogens is 2. The molecule has 6 nitrogen and oxygen atoms in total. The average molecular weight is 453 g/mol. The second kappa shape index (κ2) is 10.8. The van der Waals surface area contributed by atoms with Crippen molar-refractivity contribution in [3.8, 4) is 0 Å². The zero-order valence-corrected chi connectivity index (χ0v) is 19.3. The molecule has 4 rings (SSSR count). The predicted octanol–water partition coefficient (Wildman–Crippen LogP) is 5.22. The van der Waals surface area contributed by atoms with E-state index in [-0.39, 0.29) is 6.04 Å². The molecule has 1 unspecified atom stereocenters. The van der Waals surface area contributed by atoms with Crippen LogP contribution >= 0.6 is 0 Å². The lowest BCUT2D eigenvalue weighted by Crippen LogP contribution is -2.27. The summed E-state index contributed by atoms with van der Waals surface area (Å²) >= 11 is 0. The van der Waals surface area contributed by atoms with Crippen molar-refractivity contribution >= 4 is 22.8 Å². The Hall–Kier alpha value is -3.87. The summed E-state index contributed by atoms with van der Waals surface area (Å²) in [5, 5.41) is 11.0. The van der Waals surface area contributed by atoms with Crippen molar-refractivity contribution in [2.45, 2.75) is 33.0 Å². The summed E-state index contributed by atoms with van der Waals surface area (Å²) in [5.74, 6) is -0.558. The van der Waals surface area contributed by atoms with Gasteiger partial charge < -0.3 is 0 Å². The van der Waals surface area contributed by atoms with Crippen LogP contribution in [0.1, 0.15) is 41.0 Å². The molecule has 0 aliphatic heterocycles. The molecule has 172 valence electrons. The van der Waals surface area contributed by atoms with Crippen molar-refractivity contribution < 1.29 is 10.0 Å². The van der Waals surface area contributed by atoms with Crippen LogP contribution in [-0.4, -0.2) is 26.0 Å². The summed E-state index contributed by atoms with van der Waals surface area (Å²) in [4.78, 5) is 23.0. The van der Waals surface area contributed by atoms with Crippen molar-refractivity contribution in [2.75, 3.05) is 0 Å². The number of pyridine rings is 2. The van der Waals surface area contributed by atoms with Gasteiger partial charge in [-0.3, -0.25) is 24.9 Å². The average Bonchev–Trinajstić information content (AvgIpc) is 2.87. The Bertz CT molecular complexity index is 1300. The number of hydrogen-bond acceptors (Lipinski definition) is 5. The molecule has 0 fully saturated rings. The molecule has 6 heteroatoms. The van der Waals surface area contributed by atoms with Gasteiger partial charge in [0.25, 0.3) is 5.91 Å². The highest BCUT2D eigenvalue weighted by molar-refractivity contribution is 5.90. The lowest BCUT2D eigenvalue weighted by Gasteiger charge is -2.29. The second-order valence-electron chi connectivity index (χ2n) is 8.37. The molecule has 0 aliphatic carbocycles. The molecular weight excluding hydrogens is 424 g/mol. The van der Waals surface area contributed by atoms with E-state index in [1.54, 1.807) is 11.6 Å². The zero-order chi connectivity index (χ0) is 23.9. The van der Waals surface area contributed by atoms with Crippen LogP contribution in [0.4, 0.5) is 0 Å². The van der Waals surface area contributed by atoms with Gasteiger partial charge in [-0.1, -0.05) is 48.5 Å². The molecule has 0 bridgehead atoms. The number of nitrogens with zero attached hydrogens (tertiary/aromatic N) is 3. The van der Waals surface area contributed by atoms with Crippen molar-refractivity contribution in [3.63, 3.8) is 0 Å². The summed E-state index contributed by atoms with van der Waals surface area (Å²) in [5.41, 5.74) is 6.86. The van der Waals surface area contributed by atoms with Gasteiger partial charge in [-0.05, 0) is 60.2 Å². The first-order chi connectivity index (χ1) is 16.5. The van der Waals surface area contributed by atoms with Crippen LogP contribution in [-0.2, 0) is 17.9 Å². The quantitative estimate of drug-likeness (QED) is 0.218. The maximum Gasteiger partial charge on any atom is 0.267 e. The van der Waals surface area contributed by atoms with E-state index in [1.807, 2.05) is 48.8 Å². The molecular formula is C28H28N4O2. The highest BCUT2D eigenvalue weighted by Crippen LogP contribution is 2.26. The number of fused-ring (bicyclic) bond motifs is 1. The molecule has 1 amide bonds. The molecule has 2 aromatic carbocycles. The van der Waals surface area contributed by atoms with E-state index in [1.165, 1.54) is 17.0 Å². The third-order valence-corrected chi connectivity index (χ3v) is 5.92. The summed E-state index contributed by atoms with van der Waals surface area (Å²) < 4.78 is 0. The standard InChI is InChI=1S/C28H28N4O2/c1-20-13-15-29-26(17-20)21(2)32(19-27-25-6-4-3-5-24(25)14-16-30-27)18-23-9-7-22(8-10-23)11-12-28(33)31-34/h3-17,21,34H,18-19H2,1-2H3,(H,31,33). The number of nitrogens with one attached hydrogen (secondary N) is 1. The van der Waals surface area contributed by atoms with Gasteiger partial charge >= 0.3 is 0 Å². The second-order valence-corrected chi connectivity index (χ2v) is 8.37. The molecule has 1 atom stereocenters. The van der Waals surface area contributed by atoms with Gasteiger partial charge in [-0.25, -0.2) is 5.48 Å². The summed E-state index contributed by atoms with van der Waals surface area (Å²) in [6, 6.07) is 22.6. The van der Waals surface area contributed by atoms with Crippen LogP contribution in [0.25, 0.3) is 16.8 Å². The first-order valence-corrected chi connectivity index (χ1v) is 11.2. The number of carbonyl (C=O) groups is 1. The molecule has 2 aromatic heterocycles. The fourth-order valence-corrected chi connectivity index (χ4v) is 3.98. The van der Waals surface area contributed by atoms with Gasteiger partial charge in [0, 0.05) is 43.0 Å². The van der Waals surface area contributed by atoms with Crippen LogP contribution in [0.2, 0.25) is 0 Å². The highest BCUT2D eigenvalue weighted by atomic mass is 16.5. The molecule has 0 saturated carbocycles. The van der Waals surface area contributed by atoms with E-state index in [4.69, 9.17) is 10.2 Å². The molecule has 2 heterocycles. The number of benzene rings is 2. The van der Waals surface area contributed by atoms with E-state index in [2.05, 4.69) is 54.1 Å². The first-order valence-electron chi connectivity index (χ1n) is 11.2. The van der Waals surface area contributed by atoms with E-state index in [9.17, 15) is 4.79 Å². The van der Waals surface area contributed by atoms with Gasteiger partial charge in [-0.15, -0.1) is 0 Å². The number of amides is 1. The first kappa shape index (κ1) is 23.3. The highest BCUT2D eigenvalue weighted by Gasteiger charge is 2.19. The SMILES string of the molecule is Cc1ccnc(C(C)N(Cc2ccc(C=CC(=O)NO)cc2)Cc2nccc3ccccc23)c1. The fourth-order valence-electron chi connectivity index (χ4n) is 3.98. The Labute approximate surface area is 199 Å². The Morgan fingerprint density at radius 2 is 1.79 bits per heavy atom. The van der Waals surface area contributed by atoms with Crippen LogP contribution in [0.5, 0.6) is 0 Å². The largest absolute Gasteiger partial charge is 0.288 e. The topological polar surface area (TPSA) is 78.4 Å². The van der Waals surface area contributed by atoms with Gasteiger partial charge in [0.05, 0.1) is 11.4 Å². The zero-order valence-electron chi connectivity index (χ0n) is 19.3. The van der Waals surface area contributed by atoms with Gasteiger partial charge in [-0.2, -0.15) is 0 Å². The van der Waals surface area contributed by atoms with E-state index < -0.39 is 5.91 Å². The maximum absolute atomic E-state index is 11.2. The third kappa shape index (κ3) is 5.73.